The zero-order valence-electron chi connectivity index (χ0n) is 16.2. The van der Waals surface area contributed by atoms with Crippen molar-refractivity contribution in [2.24, 2.45) is 0 Å². The zero-order chi connectivity index (χ0) is 21.1. The molecule has 7 nitrogen and oxygen atoms in total. The van der Waals surface area contributed by atoms with Gasteiger partial charge < -0.3 is 19.5 Å². The van der Waals surface area contributed by atoms with E-state index in [9.17, 15) is 13.2 Å². The monoisotopic (exact) mass is 419 g/mol. The van der Waals surface area contributed by atoms with Crippen LogP contribution < -0.4 is 15.0 Å². The number of hydrogen-bond donors (Lipinski definition) is 1. The molecule has 0 aliphatic carbocycles. The SMILES string of the molecule is COc1cccc(-c2noc(NC3CCN(c4ccc(C(F)(F)F)cn4)CC3)n2)c1. The number of pyridine rings is 1. The normalized spacial score (nSPS) is 15.3. The highest BCUT2D eigenvalue weighted by atomic mass is 19.4. The van der Waals surface area contributed by atoms with Crippen molar-refractivity contribution in [2.45, 2.75) is 25.1 Å². The molecule has 1 fully saturated rings. The number of alkyl halides is 3. The Bertz CT molecular complexity index is 983. The number of benzene rings is 1. The highest BCUT2D eigenvalue weighted by Crippen LogP contribution is 2.30. The van der Waals surface area contributed by atoms with E-state index in [1.165, 1.54) is 6.07 Å². The van der Waals surface area contributed by atoms with Crippen LogP contribution >= 0.6 is 0 Å². The van der Waals surface area contributed by atoms with E-state index < -0.39 is 11.7 Å². The molecule has 1 N–H and O–H groups in total. The van der Waals surface area contributed by atoms with E-state index in [-0.39, 0.29) is 6.04 Å². The van der Waals surface area contributed by atoms with Crippen LogP contribution in [0, 0.1) is 0 Å². The Balaban J connectivity index is 1.33. The third-order valence-electron chi connectivity index (χ3n) is 4.98. The Kier molecular flexibility index (Phi) is 5.47. The van der Waals surface area contributed by atoms with Gasteiger partial charge in [-0.1, -0.05) is 17.3 Å². The van der Waals surface area contributed by atoms with E-state index in [2.05, 4.69) is 20.4 Å². The molecule has 0 saturated carbocycles. The fourth-order valence-corrected chi connectivity index (χ4v) is 3.33. The van der Waals surface area contributed by atoms with Crippen molar-refractivity contribution in [1.82, 2.24) is 15.1 Å². The lowest BCUT2D eigenvalue weighted by Crippen LogP contribution is -2.39. The first kappa shape index (κ1) is 20.0. The lowest BCUT2D eigenvalue weighted by molar-refractivity contribution is -0.137. The number of anilines is 2. The van der Waals surface area contributed by atoms with E-state index in [1.54, 1.807) is 7.11 Å². The highest BCUT2D eigenvalue weighted by Gasteiger charge is 2.31. The van der Waals surface area contributed by atoms with Gasteiger partial charge in [-0.05, 0) is 37.1 Å². The van der Waals surface area contributed by atoms with Crippen molar-refractivity contribution in [3.05, 3.63) is 48.2 Å². The number of hydrogen-bond acceptors (Lipinski definition) is 7. The third-order valence-corrected chi connectivity index (χ3v) is 4.98. The largest absolute Gasteiger partial charge is 0.497 e. The third kappa shape index (κ3) is 4.47. The molecule has 0 unspecified atom stereocenters. The van der Waals surface area contributed by atoms with Gasteiger partial charge in [-0.2, -0.15) is 18.2 Å². The maximum Gasteiger partial charge on any atom is 0.417 e. The molecule has 0 amide bonds. The quantitative estimate of drug-likeness (QED) is 0.663. The van der Waals surface area contributed by atoms with Gasteiger partial charge in [0, 0.05) is 30.9 Å². The van der Waals surface area contributed by atoms with Crippen molar-refractivity contribution in [3.8, 4) is 17.1 Å². The Hall–Kier alpha value is -3.30. The van der Waals surface area contributed by atoms with Gasteiger partial charge in [0.15, 0.2) is 0 Å². The number of nitrogens with zero attached hydrogens (tertiary/aromatic N) is 4. The van der Waals surface area contributed by atoms with Gasteiger partial charge in [-0.25, -0.2) is 4.98 Å². The van der Waals surface area contributed by atoms with Gasteiger partial charge >= 0.3 is 12.2 Å². The van der Waals surface area contributed by atoms with Crippen LogP contribution in [-0.4, -0.2) is 41.4 Å². The van der Waals surface area contributed by atoms with E-state index in [0.717, 1.165) is 30.7 Å². The number of methoxy groups -OCH3 is 1. The minimum atomic E-state index is -4.38. The molecule has 0 spiro atoms. The summed E-state index contributed by atoms with van der Waals surface area (Å²) in [5, 5.41) is 7.23. The predicted molar refractivity (Wildman–Crippen MR) is 104 cm³/mol. The van der Waals surface area contributed by atoms with Crippen molar-refractivity contribution in [1.29, 1.82) is 0 Å². The summed E-state index contributed by atoms with van der Waals surface area (Å²) < 4.78 is 48.6. The molecule has 1 aliphatic heterocycles. The molecule has 2 aromatic heterocycles. The van der Waals surface area contributed by atoms with Crippen LogP contribution in [0.5, 0.6) is 5.75 Å². The van der Waals surface area contributed by atoms with E-state index in [0.29, 0.717) is 36.5 Å². The zero-order valence-corrected chi connectivity index (χ0v) is 16.2. The van der Waals surface area contributed by atoms with Crippen LogP contribution in [0.4, 0.5) is 25.0 Å². The maximum atomic E-state index is 12.7. The topological polar surface area (TPSA) is 76.3 Å². The molecule has 3 aromatic rings. The molecular weight excluding hydrogens is 399 g/mol. The predicted octanol–water partition coefficient (Wildman–Crippen LogP) is 4.24. The molecule has 4 rings (SSSR count). The van der Waals surface area contributed by atoms with Crippen molar-refractivity contribution in [2.75, 3.05) is 30.4 Å². The molecule has 1 aliphatic rings. The number of rotatable bonds is 5. The summed E-state index contributed by atoms with van der Waals surface area (Å²) in [6.07, 6.45) is -1.98. The highest BCUT2D eigenvalue weighted by molar-refractivity contribution is 5.58. The fraction of sp³-hybridized carbons (Fsp3) is 0.350. The van der Waals surface area contributed by atoms with Gasteiger partial charge in [-0.15, -0.1) is 0 Å². The summed E-state index contributed by atoms with van der Waals surface area (Å²) >= 11 is 0. The summed E-state index contributed by atoms with van der Waals surface area (Å²) in [7, 11) is 1.59. The van der Waals surface area contributed by atoms with Gasteiger partial charge in [0.1, 0.15) is 11.6 Å². The molecule has 1 aromatic carbocycles. The summed E-state index contributed by atoms with van der Waals surface area (Å²) in [5.74, 6) is 1.71. The van der Waals surface area contributed by atoms with Crippen LogP contribution in [0.3, 0.4) is 0 Å². The first-order chi connectivity index (χ1) is 14.4. The van der Waals surface area contributed by atoms with Crippen molar-refractivity contribution >= 4 is 11.8 Å². The Labute approximate surface area is 170 Å². The Morgan fingerprint density at radius 2 is 1.97 bits per heavy atom. The van der Waals surface area contributed by atoms with Gasteiger partial charge in [0.2, 0.25) is 5.82 Å². The second-order valence-corrected chi connectivity index (χ2v) is 6.96. The summed E-state index contributed by atoms with van der Waals surface area (Å²) in [5.41, 5.74) is 0.0420. The second-order valence-electron chi connectivity index (χ2n) is 6.96. The molecule has 0 bridgehead atoms. The minimum Gasteiger partial charge on any atom is -0.497 e. The molecule has 1 saturated heterocycles. The van der Waals surface area contributed by atoms with E-state index in [1.807, 2.05) is 29.2 Å². The van der Waals surface area contributed by atoms with E-state index in [4.69, 9.17) is 9.26 Å². The van der Waals surface area contributed by atoms with Crippen LogP contribution in [0.2, 0.25) is 0 Å². The van der Waals surface area contributed by atoms with Crippen LogP contribution in [0.1, 0.15) is 18.4 Å². The van der Waals surface area contributed by atoms with Gasteiger partial charge in [0.05, 0.1) is 12.7 Å². The Morgan fingerprint density at radius 3 is 2.63 bits per heavy atom. The molecule has 3 heterocycles. The van der Waals surface area contributed by atoms with Crippen molar-refractivity contribution < 1.29 is 22.4 Å². The van der Waals surface area contributed by atoms with Crippen LogP contribution in [0.15, 0.2) is 47.1 Å². The minimum absolute atomic E-state index is 0.120. The number of halogens is 3. The molecule has 10 heteroatoms. The molecule has 30 heavy (non-hydrogen) atoms. The smallest absolute Gasteiger partial charge is 0.417 e. The average Bonchev–Trinajstić information content (AvgIpc) is 3.22. The van der Waals surface area contributed by atoms with Crippen molar-refractivity contribution in [3.63, 3.8) is 0 Å². The maximum absolute atomic E-state index is 12.7. The number of piperidine rings is 1. The van der Waals surface area contributed by atoms with Crippen LogP contribution in [-0.2, 0) is 6.18 Å². The summed E-state index contributed by atoms with van der Waals surface area (Å²) in [4.78, 5) is 10.3. The summed E-state index contributed by atoms with van der Waals surface area (Å²) in [6, 6.07) is 10.3. The fourth-order valence-electron chi connectivity index (χ4n) is 3.33. The molecule has 0 radical (unpaired) electrons. The second kappa shape index (κ2) is 8.21. The standard InChI is InChI=1S/C20H20F3N5O2/c1-29-16-4-2-3-13(11-16)18-26-19(30-27-18)25-15-7-9-28(10-8-15)17-6-5-14(12-24-17)20(21,22)23/h2-6,11-12,15H,7-10H2,1H3,(H,25,26,27). The first-order valence-corrected chi connectivity index (χ1v) is 9.45. The van der Waals surface area contributed by atoms with Gasteiger partial charge in [0.25, 0.3) is 0 Å². The molecule has 158 valence electrons. The average molecular weight is 419 g/mol. The molecular formula is C20H20F3N5O2. The van der Waals surface area contributed by atoms with Gasteiger partial charge in [-0.3, -0.25) is 0 Å². The number of ether oxygens (including phenoxy) is 1. The lowest BCUT2D eigenvalue weighted by Gasteiger charge is -2.32. The number of nitrogens with one attached hydrogen (secondary N) is 1. The lowest BCUT2D eigenvalue weighted by atomic mass is 10.1. The summed E-state index contributed by atoms with van der Waals surface area (Å²) in [6.45, 7) is 1.32. The Morgan fingerprint density at radius 1 is 1.17 bits per heavy atom. The van der Waals surface area contributed by atoms with Crippen LogP contribution in [0.25, 0.3) is 11.4 Å². The first-order valence-electron chi connectivity index (χ1n) is 9.45. The molecule has 0 atom stereocenters. The number of aromatic nitrogens is 3. The van der Waals surface area contributed by atoms with E-state index >= 15 is 0 Å².